The van der Waals surface area contributed by atoms with E-state index in [-0.39, 0.29) is 11.9 Å². The van der Waals surface area contributed by atoms with E-state index in [0.717, 1.165) is 23.5 Å². The van der Waals surface area contributed by atoms with Gasteiger partial charge >= 0.3 is 0 Å². The van der Waals surface area contributed by atoms with Gasteiger partial charge in [-0.25, -0.2) is 4.68 Å². The summed E-state index contributed by atoms with van der Waals surface area (Å²) in [6, 6.07) is 14.0. The third-order valence-corrected chi connectivity index (χ3v) is 6.06. The fourth-order valence-electron chi connectivity index (χ4n) is 4.15. The summed E-state index contributed by atoms with van der Waals surface area (Å²) in [4.78, 5) is 18.1. The maximum absolute atomic E-state index is 13.9. The summed E-state index contributed by atoms with van der Waals surface area (Å²) in [6.45, 7) is 10.2. The number of nitrogens with zero attached hydrogens (tertiary/aromatic N) is 4. The van der Waals surface area contributed by atoms with Crippen LogP contribution < -0.4 is 9.80 Å². The van der Waals surface area contributed by atoms with E-state index in [1.54, 1.807) is 10.9 Å². The number of para-hydroxylation sites is 1. The smallest absolute Gasteiger partial charge is 0.260 e. The highest BCUT2D eigenvalue weighted by Crippen LogP contribution is 2.39. The summed E-state index contributed by atoms with van der Waals surface area (Å²) < 4.78 is 7.54. The predicted octanol–water partition coefficient (Wildman–Crippen LogP) is 4.73. The highest BCUT2D eigenvalue weighted by Gasteiger charge is 2.34. The Bertz CT molecular complexity index is 1060. The van der Waals surface area contributed by atoms with Crippen LogP contribution in [-0.2, 0) is 4.74 Å². The molecule has 6 heteroatoms. The van der Waals surface area contributed by atoms with E-state index < -0.39 is 0 Å². The van der Waals surface area contributed by atoms with Gasteiger partial charge in [0, 0.05) is 31.6 Å². The van der Waals surface area contributed by atoms with Crippen molar-refractivity contribution in [3.8, 4) is 5.69 Å². The Kier molecular flexibility index (Phi) is 6.09. The number of carbonyl (C=O) groups excluding carboxylic acids is 1. The Hall–Kier alpha value is -3.12. The van der Waals surface area contributed by atoms with E-state index in [4.69, 9.17) is 4.74 Å². The Morgan fingerprint density at radius 3 is 2.48 bits per heavy atom. The summed E-state index contributed by atoms with van der Waals surface area (Å²) in [6.07, 6.45) is 4.51. The van der Waals surface area contributed by atoms with Gasteiger partial charge in [0.15, 0.2) is 0 Å². The van der Waals surface area contributed by atoms with E-state index in [1.807, 2.05) is 48.4 Å². The van der Waals surface area contributed by atoms with Crippen LogP contribution in [0.25, 0.3) is 5.69 Å². The average Bonchev–Trinajstić information content (AvgIpc) is 3.32. The Labute approximate surface area is 184 Å². The minimum absolute atomic E-state index is 0.00915. The molecule has 4 rings (SSSR count). The van der Waals surface area contributed by atoms with E-state index in [0.29, 0.717) is 25.4 Å². The number of hydrogen-bond donors (Lipinski definition) is 0. The monoisotopic (exact) mass is 418 g/mol. The largest absolute Gasteiger partial charge is 0.361 e. The van der Waals surface area contributed by atoms with Crippen molar-refractivity contribution >= 4 is 17.3 Å². The second-order valence-corrected chi connectivity index (χ2v) is 7.96. The molecule has 0 bridgehead atoms. The lowest BCUT2D eigenvalue weighted by Gasteiger charge is -2.43. The molecule has 1 amide bonds. The second kappa shape index (κ2) is 8.94. The summed E-state index contributed by atoms with van der Waals surface area (Å²) in [5.74, 6) is -0.00915. The van der Waals surface area contributed by atoms with Crippen molar-refractivity contribution in [2.75, 3.05) is 29.7 Å². The predicted molar refractivity (Wildman–Crippen MR) is 124 cm³/mol. The molecule has 0 N–H and O–H groups in total. The average molecular weight is 419 g/mol. The van der Waals surface area contributed by atoms with Crippen molar-refractivity contribution in [3.63, 3.8) is 0 Å². The standard InChI is InChI=1S/C25H30N4O2/c1-5-20-16-27(23-14-18(3)19(4)15-24(23)28(20)17-31-6-2)25(30)21-10-7-8-11-22(21)29-13-9-12-26-29/h7-15,20H,5-6,16-17H2,1-4H3. The lowest BCUT2D eigenvalue weighted by atomic mass is 9.99. The fourth-order valence-corrected chi connectivity index (χ4v) is 4.15. The van der Waals surface area contributed by atoms with Crippen LogP contribution in [0.1, 0.15) is 41.8 Å². The molecule has 2 heterocycles. The molecular formula is C25H30N4O2. The number of aryl methyl sites for hydroxylation is 2. The van der Waals surface area contributed by atoms with Crippen LogP contribution in [-0.4, -0.2) is 41.6 Å². The Balaban J connectivity index is 1.81. The van der Waals surface area contributed by atoms with E-state index >= 15 is 0 Å². The zero-order valence-corrected chi connectivity index (χ0v) is 18.7. The highest BCUT2D eigenvalue weighted by atomic mass is 16.5. The van der Waals surface area contributed by atoms with Crippen LogP contribution >= 0.6 is 0 Å². The summed E-state index contributed by atoms with van der Waals surface area (Å²) in [5.41, 5.74) is 5.80. The van der Waals surface area contributed by atoms with Gasteiger partial charge in [-0.15, -0.1) is 0 Å². The molecular weight excluding hydrogens is 388 g/mol. The summed E-state index contributed by atoms with van der Waals surface area (Å²) >= 11 is 0. The molecule has 1 atom stereocenters. The molecule has 3 aromatic rings. The van der Waals surface area contributed by atoms with Gasteiger partial charge in [-0.3, -0.25) is 4.79 Å². The molecule has 0 fully saturated rings. The van der Waals surface area contributed by atoms with Gasteiger partial charge in [-0.05, 0) is 68.7 Å². The quantitative estimate of drug-likeness (QED) is 0.581. The first-order valence-corrected chi connectivity index (χ1v) is 10.9. The van der Waals surface area contributed by atoms with Crippen molar-refractivity contribution in [2.24, 2.45) is 0 Å². The van der Waals surface area contributed by atoms with Crippen LogP contribution in [0.3, 0.4) is 0 Å². The van der Waals surface area contributed by atoms with Gasteiger partial charge in [0.05, 0.1) is 22.6 Å². The molecule has 2 aromatic carbocycles. The number of aromatic nitrogens is 2. The first kappa shape index (κ1) is 21.1. The zero-order valence-electron chi connectivity index (χ0n) is 18.7. The van der Waals surface area contributed by atoms with Gasteiger partial charge < -0.3 is 14.5 Å². The van der Waals surface area contributed by atoms with Crippen LogP contribution in [0, 0.1) is 13.8 Å². The normalized spacial score (nSPS) is 15.8. The molecule has 1 aliphatic heterocycles. The minimum Gasteiger partial charge on any atom is -0.361 e. The molecule has 31 heavy (non-hydrogen) atoms. The Morgan fingerprint density at radius 1 is 1.06 bits per heavy atom. The number of anilines is 2. The van der Waals surface area contributed by atoms with Gasteiger partial charge in [0.1, 0.15) is 6.73 Å². The lowest BCUT2D eigenvalue weighted by Crippen LogP contribution is -2.51. The first-order valence-electron chi connectivity index (χ1n) is 10.9. The first-order chi connectivity index (χ1) is 15.0. The zero-order chi connectivity index (χ0) is 22.0. The second-order valence-electron chi connectivity index (χ2n) is 7.96. The molecule has 0 saturated carbocycles. The number of rotatable bonds is 6. The number of fused-ring (bicyclic) bond motifs is 1. The third kappa shape index (κ3) is 3.95. The minimum atomic E-state index is -0.00915. The van der Waals surface area contributed by atoms with Crippen LogP contribution in [0.15, 0.2) is 54.9 Å². The molecule has 6 nitrogen and oxygen atoms in total. The van der Waals surface area contributed by atoms with Gasteiger partial charge in [-0.1, -0.05) is 19.1 Å². The summed E-state index contributed by atoms with van der Waals surface area (Å²) in [5, 5.41) is 4.34. The number of carbonyl (C=O) groups is 1. The fraction of sp³-hybridized carbons (Fsp3) is 0.360. The SMILES string of the molecule is CCOCN1c2cc(C)c(C)cc2N(C(=O)c2ccccc2-n2cccn2)CC1CC. The molecule has 162 valence electrons. The maximum atomic E-state index is 13.9. The van der Waals surface area contributed by atoms with Gasteiger partial charge in [0.25, 0.3) is 5.91 Å². The molecule has 1 aromatic heterocycles. The van der Waals surface area contributed by atoms with Crippen LogP contribution in [0.4, 0.5) is 11.4 Å². The molecule has 0 saturated heterocycles. The van der Waals surface area contributed by atoms with Gasteiger partial charge in [-0.2, -0.15) is 5.10 Å². The van der Waals surface area contributed by atoms with Crippen LogP contribution in [0.2, 0.25) is 0 Å². The highest BCUT2D eigenvalue weighted by molar-refractivity contribution is 6.10. The molecule has 1 unspecified atom stereocenters. The molecule has 0 spiro atoms. The molecule has 0 radical (unpaired) electrons. The van der Waals surface area contributed by atoms with Crippen molar-refractivity contribution in [3.05, 3.63) is 71.5 Å². The third-order valence-electron chi connectivity index (χ3n) is 6.06. The van der Waals surface area contributed by atoms with E-state index in [9.17, 15) is 4.79 Å². The number of benzene rings is 2. The molecule has 1 aliphatic rings. The van der Waals surface area contributed by atoms with E-state index in [1.165, 1.54) is 11.1 Å². The van der Waals surface area contributed by atoms with Crippen molar-refractivity contribution in [1.82, 2.24) is 9.78 Å². The van der Waals surface area contributed by atoms with E-state index in [2.05, 4.69) is 42.9 Å². The van der Waals surface area contributed by atoms with Gasteiger partial charge in [0.2, 0.25) is 0 Å². The van der Waals surface area contributed by atoms with Crippen LogP contribution in [0.5, 0.6) is 0 Å². The molecule has 0 aliphatic carbocycles. The maximum Gasteiger partial charge on any atom is 0.260 e. The van der Waals surface area contributed by atoms with Crippen molar-refractivity contribution in [2.45, 2.75) is 40.2 Å². The van der Waals surface area contributed by atoms with Crippen molar-refractivity contribution in [1.29, 1.82) is 0 Å². The summed E-state index contributed by atoms with van der Waals surface area (Å²) in [7, 11) is 0. The Morgan fingerprint density at radius 2 is 1.81 bits per heavy atom. The number of ether oxygens (including phenoxy) is 1. The lowest BCUT2D eigenvalue weighted by molar-refractivity contribution is 0.0977. The van der Waals surface area contributed by atoms with Crippen molar-refractivity contribution < 1.29 is 9.53 Å². The topological polar surface area (TPSA) is 50.6 Å². The number of amides is 1. The number of hydrogen-bond acceptors (Lipinski definition) is 4.